The van der Waals surface area contributed by atoms with E-state index < -0.39 is 27.9 Å². The van der Waals surface area contributed by atoms with E-state index in [-0.39, 0.29) is 17.7 Å². The fourth-order valence-electron chi connectivity index (χ4n) is 3.29. The zero-order valence-corrected chi connectivity index (χ0v) is 17.3. The van der Waals surface area contributed by atoms with Crippen LogP contribution in [0.25, 0.3) is 0 Å². The van der Waals surface area contributed by atoms with Gasteiger partial charge in [0.25, 0.3) is 10.0 Å². The Kier molecular flexibility index (Phi) is 5.30. The smallest absolute Gasteiger partial charge is 0.267 e. The van der Waals surface area contributed by atoms with E-state index >= 15 is 0 Å². The van der Waals surface area contributed by atoms with Gasteiger partial charge in [0, 0.05) is 12.1 Å². The van der Waals surface area contributed by atoms with Crippen LogP contribution in [0.4, 0.5) is 5.69 Å². The van der Waals surface area contributed by atoms with Crippen molar-refractivity contribution in [3.8, 4) is 0 Å². The van der Waals surface area contributed by atoms with Crippen molar-refractivity contribution in [2.45, 2.75) is 51.5 Å². The van der Waals surface area contributed by atoms with E-state index in [1.165, 1.54) is 12.1 Å². The molecule has 0 aromatic heterocycles. The van der Waals surface area contributed by atoms with Gasteiger partial charge >= 0.3 is 0 Å². The molecule has 2 aromatic carbocycles. The molecule has 0 saturated carbocycles. The minimum atomic E-state index is -4.11. The maximum absolute atomic E-state index is 13.1. The summed E-state index contributed by atoms with van der Waals surface area (Å²) in [4.78, 5) is 25.3. The largest absolute Gasteiger partial charge is 0.324 e. The fraction of sp³-hybridized carbons (Fsp3) is 0.333. The number of nitrogens with one attached hydrogen (secondary N) is 1. The summed E-state index contributed by atoms with van der Waals surface area (Å²) in [6.07, 6.45) is 0.189. The van der Waals surface area contributed by atoms with Gasteiger partial charge in [-0.2, -0.15) is 0 Å². The predicted octanol–water partition coefficient (Wildman–Crippen LogP) is 3.24. The quantitative estimate of drug-likeness (QED) is 0.854. The van der Waals surface area contributed by atoms with Gasteiger partial charge < -0.3 is 5.32 Å². The van der Waals surface area contributed by atoms with Crippen molar-refractivity contribution >= 4 is 27.5 Å². The van der Waals surface area contributed by atoms with E-state index in [0.717, 1.165) is 26.6 Å². The molecule has 0 bridgehead atoms. The van der Waals surface area contributed by atoms with Crippen molar-refractivity contribution in [2.24, 2.45) is 0 Å². The van der Waals surface area contributed by atoms with Crippen molar-refractivity contribution in [3.63, 3.8) is 0 Å². The molecule has 1 heterocycles. The number of hydrogen-bond donors (Lipinski definition) is 1. The van der Waals surface area contributed by atoms with Crippen molar-refractivity contribution in [2.75, 3.05) is 5.32 Å². The van der Waals surface area contributed by atoms with Gasteiger partial charge in [0.1, 0.15) is 6.04 Å². The van der Waals surface area contributed by atoms with Gasteiger partial charge in [-0.25, -0.2) is 12.7 Å². The fourth-order valence-corrected chi connectivity index (χ4v) is 4.98. The van der Waals surface area contributed by atoms with Crippen LogP contribution in [0.2, 0.25) is 0 Å². The van der Waals surface area contributed by atoms with Crippen LogP contribution in [-0.4, -0.2) is 30.6 Å². The van der Waals surface area contributed by atoms with Crippen LogP contribution in [0.1, 0.15) is 35.1 Å². The monoisotopic (exact) mass is 400 g/mol. The first-order valence-corrected chi connectivity index (χ1v) is 10.6. The van der Waals surface area contributed by atoms with Gasteiger partial charge in [-0.1, -0.05) is 18.2 Å². The van der Waals surface area contributed by atoms with Crippen molar-refractivity contribution in [3.05, 3.63) is 58.7 Å². The van der Waals surface area contributed by atoms with Crippen LogP contribution in [0.5, 0.6) is 0 Å². The van der Waals surface area contributed by atoms with Gasteiger partial charge in [-0.3, -0.25) is 9.59 Å². The molecule has 1 atom stereocenters. The van der Waals surface area contributed by atoms with Crippen molar-refractivity contribution < 1.29 is 18.0 Å². The Hall–Kier alpha value is -2.67. The molecule has 0 spiro atoms. The van der Waals surface area contributed by atoms with Gasteiger partial charge in [-0.05, 0) is 74.6 Å². The third-order valence-corrected chi connectivity index (χ3v) is 7.19. The Labute approximate surface area is 165 Å². The minimum absolute atomic E-state index is 0.0228. The summed E-state index contributed by atoms with van der Waals surface area (Å²) < 4.78 is 27.0. The van der Waals surface area contributed by atoms with Crippen LogP contribution in [0.15, 0.2) is 41.3 Å². The summed E-state index contributed by atoms with van der Waals surface area (Å²) >= 11 is 0. The van der Waals surface area contributed by atoms with Crippen LogP contribution in [-0.2, 0) is 19.6 Å². The second-order valence-electron chi connectivity index (χ2n) is 7.23. The number of nitrogens with zero attached hydrogens (tertiary/aromatic N) is 1. The SMILES string of the molecule is Cc1ccc(S(=O)(=O)N2C(=O)CC[C@@H]2C(=O)Nc2cccc(C)c2C)cc1C. The molecule has 2 amide bonds. The molecule has 148 valence electrons. The summed E-state index contributed by atoms with van der Waals surface area (Å²) in [6, 6.07) is 9.17. The molecule has 6 nitrogen and oxygen atoms in total. The predicted molar refractivity (Wildman–Crippen MR) is 108 cm³/mol. The first-order chi connectivity index (χ1) is 13.1. The Bertz CT molecular complexity index is 1060. The molecule has 3 rings (SSSR count). The number of sulfonamides is 1. The van der Waals surface area contributed by atoms with E-state index in [1.54, 1.807) is 12.1 Å². The summed E-state index contributed by atoms with van der Waals surface area (Å²) in [5.74, 6) is -1.05. The van der Waals surface area contributed by atoms with E-state index in [9.17, 15) is 18.0 Å². The molecule has 28 heavy (non-hydrogen) atoms. The highest BCUT2D eigenvalue weighted by atomic mass is 32.2. The molecule has 0 radical (unpaired) electrons. The molecule has 0 unspecified atom stereocenters. The molecule has 1 aliphatic rings. The number of carbonyl (C=O) groups is 2. The standard InChI is InChI=1S/C21H24N2O4S/c1-13-8-9-17(12-15(13)3)28(26,27)23-19(10-11-20(23)24)21(25)22-18-7-5-6-14(2)16(18)4/h5-9,12,19H,10-11H2,1-4H3,(H,22,25)/t19-/m1/s1. The van der Waals surface area contributed by atoms with E-state index in [2.05, 4.69) is 5.32 Å². The Morgan fingerprint density at radius 1 is 1.04 bits per heavy atom. The van der Waals surface area contributed by atoms with Gasteiger partial charge in [-0.15, -0.1) is 0 Å². The molecule has 1 saturated heterocycles. The minimum Gasteiger partial charge on any atom is -0.324 e. The lowest BCUT2D eigenvalue weighted by Crippen LogP contribution is -2.45. The molecular weight excluding hydrogens is 376 g/mol. The topological polar surface area (TPSA) is 83.6 Å². The number of anilines is 1. The molecule has 0 aliphatic carbocycles. The average molecular weight is 401 g/mol. The molecular formula is C21H24N2O4S. The van der Waals surface area contributed by atoms with Crippen molar-refractivity contribution in [1.29, 1.82) is 0 Å². The first kappa shape index (κ1) is 20.1. The highest BCUT2D eigenvalue weighted by molar-refractivity contribution is 7.89. The highest BCUT2D eigenvalue weighted by Gasteiger charge is 2.44. The maximum Gasteiger partial charge on any atom is 0.267 e. The van der Waals surface area contributed by atoms with E-state index in [0.29, 0.717) is 5.69 Å². The number of carbonyl (C=O) groups excluding carboxylic acids is 2. The van der Waals surface area contributed by atoms with Crippen LogP contribution >= 0.6 is 0 Å². The zero-order valence-electron chi connectivity index (χ0n) is 16.4. The Balaban J connectivity index is 1.93. The summed E-state index contributed by atoms with van der Waals surface area (Å²) in [6.45, 7) is 7.51. The number of amides is 2. The number of hydrogen-bond acceptors (Lipinski definition) is 4. The first-order valence-electron chi connectivity index (χ1n) is 9.14. The summed E-state index contributed by atoms with van der Waals surface area (Å²) in [7, 11) is -4.11. The van der Waals surface area contributed by atoms with E-state index in [4.69, 9.17) is 0 Å². The number of aryl methyl sites for hydroxylation is 3. The maximum atomic E-state index is 13.1. The molecule has 1 N–H and O–H groups in total. The normalized spacial score (nSPS) is 17.1. The molecule has 2 aromatic rings. The second kappa shape index (κ2) is 7.39. The Morgan fingerprint density at radius 3 is 2.43 bits per heavy atom. The average Bonchev–Trinajstić information content (AvgIpc) is 3.03. The van der Waals surface area contributed by atoms with Crippen LogP contribution in [0, 0.1) is 27.7 Å². The highest BCUT2D eigenvalue weighted by Crippen LogP contribution is 2.29. The lowest BCUT2D eigenvalue weighted by molar-refractivity contribution is -0.128. The van der Waals surface area contributed by atoms with Crippen LogP contribution < -0.4 is 5.32 Å². The third kappa shape index (κ3) is 3.54. The number of rotatable bonds is 4. The van der Waals surface area contributed by atoms with Crippen LogP contribution in [0.3, 0.4) is 0 Å². The lowest BCUT2D eigenvalue weighted by Gasteiger charge is -2.24. The van der Waals surface area contributed by atoms with Gasteiger partial charge in [0.05, 0.1) is 4.90 Å². The second-order valence-corrected chi connectivity index (χ2v) is 9.05. The Morgan fingerprint density at radius 2 is 1.75 bits per heavy atom. The zero-order chi connectivity index (χ0) is 20.6. The summed E-state index contributed by atoms with van der Waals surface area (Å²) in [5.41, 5.74) is 4.30. The molecule has 1 fully saturated rings. The molecule has 7 heteroatoms. The lowest BCUT2D eigenvalue weighted by atomic mass is 10.1. The van der Waals surface area contributed by atoms with Gasteiger partial charge in [0.2, 0.25) is 11.8 Å². The molecule has 1 aliphatic heterocycles. The number of benzene rings is 2. The summed E-state index contributed by atoms with van der Waals surface area (Å²) in [5, 5.41) is 2.79. The third-order valence-electron chi connectivity index (χ3n) is 5.36. The van der Waals surface area contributed by atoms with Crippen molar-refractivity contribution in [1.82, 2.24) is 4.31 Å². The van der Waals surface area contributed by atoms with E-state index in [1.807, 2.05) is 39.8 Å². The van der Waals surface area contributed by atoms with Gasteiger partial charge in [0.15, 0.2) is 0 Å².